The van der Waals surface area contributed by atoms with Gasteiger partial charge in [-0.2, -0.15) is 0 Å². The normalized spacial score (nSPS) is 16.7. The van der Waals surface area contributed by atoms with Gasteiger partial charge in [-0.15, -0.1) is 0 Å². The molecule has 146 valence electrons. The SMILES string of the molecule is CCCCN1CCN(C(=S)SCC(O)Cn2cc([N+](=O)[O-])nc2C)CC1. The molecule has 1 saturated heterocycles. The van der Waals surface area contributed by atoms with E-state index in [9.17, 15) is 15.2 Å². The Labute approximate surface area is 163 Å². The first-order chi connectivity index (χ1) is 12.4. The zero-order valence-electron chi connectivity index (χ0n) is 15.3. The molecule has 0 saturated carbocycles. The van der Waals surface area contributed by atoms with Gasteiger partial charge in [-0.3, -0.25) is 4.90 Å². The van der Waals surface area contributed by atoms with Crippen LogP contribution in [-0.2, 0) is 6.54 Å². The topological polar surface area (TPSA) is 87.7 Å². The van der Waals surface area contributed by atoms with Gasteiger partial charge in [0.25, 0.3) is 0 Å². The van der Waals surface area contributed by atoms with Crippen molar-refractivity contribution in [1.29, 1.82) is 0 Å². The Morgan fingerprint density at radius 3 is 2.73 bits per heavy atom. The van der Waals surface area contributed by atoms with E-state index in [1.165, 1.54) is 30.8 Å². The number of hydrogen-bond acceptors (Lipinski definition) is 7. The van der Waals surface area contributed by atoms with Crippen molar-refractivity contribution in [3.63, 3.8) is 0 Å². The van der Waals surface area contributed by atoms with Crippen LogP contribution in [0.4, 0.5) is 5.82 Å². The molecule has 0 bridgehead atoms. The molecule has 1 unspecified atom stereocenters. The van der Waals surface area contributed by atoms with Crippen LogP contribution in [0, 0.1) is 17.0 Å². The molecule has 1 fully saturated rings. The van der Waals surface area contributed by atoms with E-state index in [1.807, 2.05) is 0 Å². The third-order valence-corrected chi connectivity index (χ3v) is 6.08. The van der Waals surface area contributed by atoms with Crippen LogP contribution in [0.15, 0.2) is 6.20 Å². The van der Waals surface area contributed by atoms with Crippen molar-refractivity contribution < 1.29 is 10.0 Å². The average Bonchev–Trinajstić information content (AvgIpc) is 2.99. The molecular weight excluding hydrogens is 374 g/mol. The fourth-order valence-corrected chi connectivity index (χ4v) is 4.03. The van der Waals surface area contributed by atoms with Crippen LogP contribution in [0.25, 0.3) is 0 Å². The lowest BCUT2D eigenvalue weighted by molar-refractivity contribution is -0.389. The predicted molar refractivity (Wildman–Crippen MR) is 108 cm³/mol. The summed E-state index contributed by atoms with van der Waals surface area (Å²) in [6.07, 6.45) is 3.16. The van der Waals surface area contributed by atoms with Crippen LogP contribution in [0.5, 0.6) is 0 Å². The van der Waals surface area contributed by atoms with Gasteiger partial charge in [0.05, 0.1) is 12.6 Å². The highest BCUT2D eigenvalue weighted by Gasteiger charge is 2.21. The van der Waals surface area contributed by atoms with E-state index in [-0.39, 0.29) is 12.4 Å². The van der Waals surface area contributed by atoms with Crippen molar-refractivity contribution in [2.45, 2.75) is 39.3 Å². The van der Waals surface area contributed by atoms with Crippen molar-refractivity contribution in [2.75, 3.05) is 38.5 Å². The van der Waals surface area contributed by atoms with Crippen LogP contribution in [-0.4, -0.2) is 78.3 Å². The second-order valence-corrected chi connectivity index (χ2v) is 8.12. The Hall–Kier alpha value is -1.23. The summed E-state index contributed by atoms with van der Waals surface area (Å²) in [6, 6.07) is 0. The molecule has 0 aromatic carbocycles. The van der Waals surface area contributed by atoms with Gasteiger partial charge in [-0.25, -0.2) is 0 Å². The summed E-state index contributed by atoms with van der Waals surface area (Å²) in [5.74, 6) is 0.783. The van der Waals surface area contributed by atoms with Crippen LogP contribution in [0.1, 0.15) is 25.6 Å². The number of aliphatic hydroxyl groups is 1. The minimum atomic E-state index is -0.642. The molecule has 0 spiro atoms. The number of thiocarbonyl (C=S) groups is 1. The Balaban J connectivity index is 1.73. The molecule has 2 heterocycles. The maximum Gasteiger partial charge on any atom is 0.381 e. The van der Waals surface area contributed by atoms with Gasteiger partial charge in [0, 0.05) is 38.9 Å². The summed E-state index contributed by atoms with van der Waals surface area (Å²) >= 11 is 6.97. The van der Waals surface area contributed by atoms with Crippen molar-refractivity contribution in [3.8, 4) is 0 Å². The van der Waals surface area contributed by atoms with Crippen LogP contribution >= 0.6 is 24.0 Å². The van der Waals surface area contributed by atoms with Crippen molar-refractivity contribution in [3.05, 3.63) is 22.1 Å². The highest BCUT2D eigenvalue weighted by atomic mass is 32.2. The summed E-state index contributed by atoms with van der Waals surface area (Å²) in [5, 5.41) is 21.0. The number of thioether (sulfide) groups is 1. The second-order valence-electron chi connectivity index (χ2n) is 6.47. The summed E-state index contributed by atoms with van der Waals surface area (Å²) in [4.78, 5) is 18.8. The maximum atomic E-state index is 10.8. The Bertz CT molecular complexity index is 617. The summed E-state index contributed by atoms with van der Waals surface area (Å²) in [5.41, 5.74) is 0. The number of aliphatic hydroxyl groups excluding tert-OH is 1. The standard InChI is InChI=1S/C16H27N5O3S2/c1-3-4-5-18-6-8-19(9-7-18)16(25)26-12-14(22)10-20-11-15(21(23)24)17-13(20)2/h11,14,22H,3-10,12H2,1-2H3. The lowest BCUT2D eigenvalue weighted by Crippen LogP contribution is -2.47. The Kier molecular flexibility index (Phi) is 8.26. The Morgan fingerprint density at radius 2 is 2.15 bits per heavy atom. The van der Waals surface area contributed by atoms with Crippen LogP contribution < -0.4 is 0 Å². The molecule has 1 aromatic heterocycles. The molecule has 0 radical (unpaired) electrons. The van der Waals surface area contributed by atoms with E-state index < -0.39 is 11.0 Å². The molecule has 2 rings (SSSR count). The number of rotatable bonds is 8. The number of aryl methyl sites for hydroxylation is 1. The van der Waals surface area contributed by atoms with Gasteiger partial charge in [0.2, 0.25) is 5.82 Å². The predicted octanol–water partition coefficient (Wildman–Crippen LogP) is 1.90. The number of nitro groups is 1. The molecule has 0 aliphatic carbocycles. The molecule has 26 heavy (non-hydrogen) atoms. The minimum Gasteiger partial charge on any atom is -0.390 e. The van der Waals surface area contributed by atoms with Gasteiger partial charge in [-0.1, -0.05) is 37.3 Å². The lowest BCUT2D eigenvalue weighted by atomic mass is 10.3. The van der Waals surface area contributed by atoms with Gasteiger partial charge < -0.3 is 24.7 Å². The summed E-state index contributed by atoms with van der Waals surface area (Å²) in [6.45, 7) is 9.23. The monoisotopic (exact) mass is 401 g/mol. The minimum absolute atomic E-state index is 0.196. The van der Waals surface area contributed by atoms with Crippen LogP contribution in [0.3, 0.4) is 0 Å². The first-order valence-corrected chi connectivity index (χ1v) is 10.3. The van der Waals surface area contributed by atoms with Gasteiger partial charge in [0.1, 0.15) is 10.5 Å². The molecule has 1 aromatic rings. The highest BCUT2D eigenvalue weighted by Crippen LogP contribution is 2.16. The fourth-order valence-electron chi connectivity index (χ4n) is 2.84. The average molecular weight is 402 g/mol. The highest BCUT2D eigenvalue weighted by molar-refractivity contribution is 8.22. The molecule has 1 atom stereocenters. The fraction of sp³-hybridized carbons (Fsp3) is 0.750. The number of imidazole rings is 1. The van der Waals surface area contributed by atoms with E-state index in [2.05, 4.69) is 21.7 Å². The lowest BCUT2D eigenvalue weighted by Gasteiger charge is -2.36. The maximum absolute atomic E-state index is 10.8. The molecular formula is C16H27N5O3S2. The van der Waals surface area contributed by atoms with Gasteiger partial charge in [-0.05, 0) is 22.9 Å². The molecule has 10 heteroatoms. The van der Waals surface area contributed by atoms with Gasteiger partial charge >= 0.3 is 5.82 Å². The molecule has 1 aliphatic heterocycles. The van der Waals surface area contributed by atoms with E-state index >= 15 is 0 Å². The summed E-state index contributed by atoms with van der Waals surface area (Å²) in [7, 11) is 0. The van der Waals surface area contributed by atoms with Crippen molar-refractivity contribution in [2.24, 2.45) is 0 Å². The van der Waals surface area contributed by atoms with E-state index in [0.29, 0.717) is 11.6 Å². The molecule has 1 N–H and O–H groups in total. The van der Waals surface area contributed by atoms with Gasteiger partial charge in [0.15, 0.2) is 0 Å². The Morgan fingerprint density at radius 1 is 1.46 bits per heavy atom. The first kappa shape index (κ1) is 21.1. The van der Waals surface area contributed by atoms with Crippen molar-refractivity contribution >= 4 is 34.1 Å². The third-order valence-electron chi connectivity index (χ3n) is 4.42. The number of aromatic nitrogens is 2. The smallest absolute Gasteiger partial charge is 0.381 e. The zero-order chi connectivity index (χ0) is 19.1. The van der Waals surface area contributed by atoms with E-state index in [0.717, 1.165) is 37.0 Å². The molecule has 1 aliphatic rings. The largest absolute Gasteiger partial charge is 0.390 e. The van der Waals surface area contributed by atoms with E-state index in [1.54, 1.807) is 11.5 Å². The number of hydrogen-bond donors (Lipinski definition) is 1. The number of unbranched alkanes of at least 4 members (excludes halogenated alkanes) is 1. The number of piperazine rings is 1. The van der Waals surface area contributed by atoms with E-state index in [4.69, 9.17) is 12.2 Å². The molecule has 8 nitrogen and oxygen atoms in total. The zero-order valence-corrected chi connectivity index (χ0v) is 17.0. The molecule has 0 amide bonds. The summed E-state index contributed by atoms with van der Waals surface area (Å²) < 4.78 is 2.42. The first-order valence-electron chi connectivity index (χ1n) is 8.91. The van der Waals surface area contributed by atoms with Crippen molar-refractivity contribution in [1.82, 2.24) is 19.4 Å². The van der Waals surface area contributed by atoms with Crippen LogP contribution in [0.2, 0.25) is 0 Å². The quantitative estimate of drug-likeness (QED) is 0.401. The number of nitrogens with zero attached hydrogens (tertiary/aromatic N) is 5. The third kappa shape index (κ3) is 6.19. The second kappa shape index (κ2) is 10.2.